The summed E-state index contributed by atoms with van der Waals surface area (Å²) in [6.07, 6.45) is 2.27. The van der Waals surface area contributed by atoms with Crippen molar-refractivity contribution in [3.8, 4) is 0 Å². The number of carbonyl (C=O) groups excluding carboxylic acids is 2. The summed E-state index contributed by atoms with van der Waals surface area (Å²) in [6.45, 7) is -0.176. The number of urea groups is 1. The molecule has 102 valence electrons. The summed E-state index contributed by atoms with van der Waals surface area (Å²) >= 11 is 0. The van der Waals surface area contributed by atoms with Crippen molar-refractivity contribution in [2.45, 2.75) is 25.3 Å². The minimum Gasteiger partial charge on any atom is -0.479 e. The molecule has 0 bridgehead atoms. The van der Waals surface area contributed by atoms with Gasteiger partial charge >= 0.3 is 12.0 Å². The van der Waals surface area contributed by atoms with Gasteiger partial charge in [-0.3, -0.25) is 9.63 Å². The zero-order chi connectivity index (χ0) is 13.5. The highest BCUT2D eigenvalue weighted by Crippen LogP contribution is 2.17. The van der Waals surface area contributed by atoms with Crippen molar-refractivity contribution in [2.24, 2.45) is 0 Å². The summed E-state index contributed by atoms with van der Waals surface area (Å²) in [7, 11) is 1.51. The zero-order valence-electron chi connectivity index (χ0n) is 10.1. The van der Waals surface area contributed by atoms with E-state index in [1.807, 2.05) is 5.48 Å². The molecule has 1 fully saturated rings. The van der Waals surface area contributed by atoms with Gasteiger partial charge in [-0.2, -0.15) is 0 Å². The Kier molecular flexibility index (Phi) is 5.37. The van der Waals surface area contributed by atoms with E-state index in [0.29, 0.717) is 13.0 Å². The Labute approximate surface area is 104 Å². The van der Waals surface area contributed by atoms with E-state index in [1.165, 1.54) is 11.9 Å². The molecular weight excluding hydrogens is 242 g/mol. The maximum absolute atomic E-state index is 11.7. The van der Waals surface area contributed by atoms with Gasteiger partial charge in [0.1, 0.15) is 6.04 Å². The van der Waals surface area contributed by atoms with Gasteiger partial charge in [-0.1, -0.05) is 0 Å². The molecule has 1 aliphatic heterocycles. The van der Waals surface area contributed by atoms with Gasteiger partial charge in [0.05, 0.1) is 0 Å². The number of carboxylic acid groups (broad SMARTS) is 1. The summed E-state index contributed by atoms with van der Waals surface area (Å²) < 4.78 is 0. The van der Waals surface area contributed by atoms with Gasteiger partial charge in [0.15, 0.2) is 6.61 Å². The van der Waals surface area contributed by atoms with Crippen LogP contribution in [0, 0.1) is 0 Å². The number of carboxylic acids is 1. The molecular formula is C10H17N3O5. The van der Waals surface area contributed by atoms with Gasteiger partial charge in [0, 0.05) is 13.6 Å². The maximum atomic E-state index is 11.7. The molecule has 1 unspecified atom stereocenters. The first kappa shape index (κ1) is 14.2. The fourth-order valence-electron chi connectivity index (χ4n) is 1.83. The highest BCUT2D eigenvalue weighted by atomic mass is 16.7. The van der Waals surface area contributed by atoms with Crippen LogP contribution >= 0.6 is 0 Å². The minimum absolute atomic E-state index is 0.233. The molecule has 0 radical (unpaired) electrons. The van der Waals surface area contributed by atoms with Crippen molar-refractivity contribution in [3.05, 3.63) is 0 Å². The third kappa shape index (κ3) is 3.88. The first-order valence-corrected chi connectivity index (χ1v) is 5.68. The SMILES string of the molecule is CNC(=O)C1CCCCN1C(=O)NOCC(=O)O. The minimum atomic E-state index is -1.18. The molecule has 0 spiro atoms. The third-order valence-electron chi connectivity index (χ3n) is 2.67. The molecule has 0 aromatic carbocycles. The summed E-state index contributed by atoms with van der Waals surface area (Å²) in [5.74, 6) is -1.42. The van der Waals surface area contributed by atoms with E-state index < -0.39 is 24.6 Å². The average molecular weight is 259 g/mol. The summed E-state index contributed by atoms with van der Waals surface area (Å²) in [6, 6.07) is -1.12. The highest BCUT2D eigenvalue weighted by Gasteiger charge is 2.31. The van der Waals surface area contributed by atoms with E-state index in [2.05, 4.69) is 10.2 Å². The normalized spacial score (nSPS) is 19.2. The maximum Gasteiger partial charge on any atom is 0.342 e. The number of likely N-dealkylation sites (tertiary alicyclic amines) is 1. The fourth-order valence-corrected chi connectivity index (χ4v) is 1.83. The van der Waals surface area contributed by atoms with Crippen LogP contribution in [0.1, 0.15) is 19.3 Å². The summed E-state index contributed by atoms with van der Waals surface area (Å²) in [4.78, 5) is 39.4. The molecule has 8 nitrogen and oxygen atoms in total. The second kappa shape index (κ2) is 6.80. The number of aliphatic carboxylic acids is 1. The largest absolute Gasteiger partial charge is 0.479 e. The molecule has 1 atom stereocenters. The lowest BCUT2D eigenvalue weighted by Gasteiger charge is -2.33. The van der Waals surface area contributed by atoms with Crippen LogP contribution < -0.4 is 10.8 Å². The van der Waals surface area contributed by atoms with E-state index in [9.17, 15) is 14.4 Å². The number of rotatable bonds is 4. The molecule has 0 saturated carbocycles. The molecule has 3 N–H and O–H groups in total. The predicted molar refractivity (Wildman–Crippen MR) is 60.5 cm³/mol. The van der Waals surface area contributed by atoms with E-state index in [1.54, 1.807) is 0 Å². The van der Waals surface area contributed by atoms with Crippen molar-refractivity contribution >= 4 is 17.9 Å². The summed E-state index contributed by atoms with van der Waals surface area (Å²) in [5, 5.41) is 10.9. The van der Waals surface area contributed by atoms with Gasteiger partial charge in [-0.25, -0.2) is 15.1 Å². The molecule has 1 rings (SSSR count). The first-order chi connectivity index (χ1) is 8.56. The Bertz CT molecular complexity index is 333. The Morgan fingerprint density at radius 3 is 2.72 bits per heavy atom. The van der Waals surface area contributed by atoms with E-state index >= 15 is 0 Å². The second-order valence-electron chi connectivity index (χ2n) is 3.91. The third-order valence-corrected chi connectivity index (χ3v) is 2.67. The summed E-state index contributed by atoms with van der Waals surface area (Å²) in [5.41, 5.74) is 2.02. The molecule has 18 heavy (non-hydrogen) atoms. The van der Waals surface area contributed by atoms with Crippen LogP contribution in [-0.2, 0) is 14.4 Å². The Balaban J connectivity index is 2.52. The van der Waals surface area contributed by atoms with Gasteiger partial charge in [0.25, 0.3) is 0 Å². The van der Waals surface area contributed by atoms with Gasteiger partial charge < -0.3 is 15.3 Å². The molecule has 1 saturated heterocycles. The van der Waals surface area contributed by atoms with Crippen LogP contribution in [0.4, 0.5) is 4.79 Å². The zero-order valence-corrected chi connectivity index (χ0v) is 10.1. The van der Waals surface area contributed by atoms with Crippen molar-refractivity contribution in [2.75, 3.05) is 20.2 Å². The van der Waals surface area contributed by atoms with E-state index in [4.69, 9.17) is 5.11 Å². The van der Waals surface area contributed by atoms with E-state index in [0.717, 1.165) is 12.8 Å². The van der Waals surface area contributed by atoms with Crippen LogP contribution in [0.5, 0.6) is 0 Å². The lowest BCUT2D eigenvalue weighted by atomic mass is 10.0. The number of hydrogen-bond donors (Lipinski definition) is 3. The van der Waals surface area contributed by atoms with Crippen molar-refractivity contribution in [3.63, 3.8) is 0 Å². The van der Waals surface area contributed by atoms with Crippen LogP contribution in [-0.4, -0.2) is 54.2 Å². The average Bonchev–Trinajstić information content (AvgIpc) is 2.37. The monoisotopic (exact) mass is 259 g/mol. The number of hydrogen-bond acceptors (Lipinski definition) is 4. The molecule has 8 heteroatoms. The second-order valence-corrected chi connectivity index (χ2v) is 3.91. The number of amides is 3. The smallest absolute Gasteiger partial charge is 0.342 e. The lowest BCUT2D eigenvalue weighted by molar-refractivity contribution is -0.144. The standard InChI is InChI=1S/C10H17N3O5/c1-11-9(16)7-4-2-3-5-13(7)10(17)12-18-6-8(14)15/h7H,2-6H2,1H3,(H,11,16)(H,12,17)(H,14,15). The molecule has 0 aromatic heterocycles. The van der Waals surface area contributed by atoms with Crippen molar-refractivity contribution in [1.82, 2.24) is 15.7 Å². The van der Waals surface area contributed by atoms with Crippen LogP contribution in [0.15, 0.2) is 0 Å². The number of hydroxylamine groups is 1. The predicted octanol–water partition coefficient (Wildman–Crippen LogP) is -0.687. The quantitative estimate of drug-likeness (QED) is 0.579. The Morgan fingerprint density at radius 1 is 1.39 bits per heavy atom. The highest BCUT2D eigenvalue weighted by molar-refractivity contribution is 5.86. The van der Waals surface area contributed by atoms with Crippen molar-refractivity contribution < 1.29 is 24.3 Å². The molecule has 1 heterocycles. The van der Waals surface area contributed by atoms with Crippen molar-refractivity contribution in [1.29, 1.82) is 0 Å². The number of piperidine rings is 1. The molecule has 3 amide bonds. The molecule has 0 aliphatic carbocycles. The Hall–Kier alpha value is -1.83. The number of nitrogens with zero attached hydrogens (tertiary/aromatic N) is 1. The van der Waals surface area contributed by atoms with E-state index in [-0.39, 0.29) is 5.91 Å². The molecule has 0 aromatic rings. The number of likely N-dealkylation sites (N-methyl/N-ethyl adjacent to an activating group) is 1. The van der Waals surface area contributed by atoms with Crippen LogP contribution in [0.25, 0.3) is 0 Å². The Morgan fingerprint density at radius 2 is 2.11 bits per heavy atom. The van der Waals surface area contributed by atoms with Crippen LogP contribution in [0.2, 0.25) is 0 Å². The van der Waals surface area contributed by atoms with Gasteiger partial charge in [-0.15, -0.1) is 0 Å². The fraction of sp³-hybridized carbons (Fsp3) is 0.700. The van der Waals surface area contributed by atoms with Gasteiger partial charge in [-0.05, 0) is 19.3 Å². The lowest BCUT2D eigenvalue weighted by Crippen LogP contribution is -2.54. The van der Waals surface area contributed by atoms with Gasteiger partial charge in [0.2, 0.25) is 5.91 Å². The first-order valence-electron chi connectivity index (χ1n) is 5.68. The topological polar surface area (TPSA) is 108 Å². The number of nitrogens with one attached hydrogen (secondary N) is 2. The number of carbonyl (C=O) groups is 3. The van der Waals surface area contributed by atoms with Crippen LogP contribution in [0.3, 0.4) is 0 Å². The molecule has 1 aliphatic rings.